The number of hydrogen-bond donors (Lipinski definition) is 1. The zero-order valence-electron chi connectivity index (χ0n) is 10.1. The molecule has 3 nitrogen and oxygen atoms in total. The minimum absolute atomic E-state index is 0.652. The normalized spacial score (nSPS) is 10.3. The van der Waals surface area contributed by atoms with E-state index >= 15 is 0 Å². The minimum atomic E-state index is 0.652. The molecule has 18 heavy (non-hydrogen) atoms. The Kier molecular flexibility index (Phi) is 4.84. The van der Waals surface area contributed by atoms with E-state index in [9.17, 15) is 0 Å². The molecule has 0 bridgehead atoms. The van der Waals surface area contributed by atoms with Crippen molar-refractivity contribution < 1.29 is 0 Å². The van der Waals surface area contributed by atoms with Gasteiger partial charge in [-0.3, -0.25) is 0 Å². The lowest BCUT2D eigenvalue weighted by Gasteiger charge is -2.05. The van der Waals surface area contributed by atoms with Crippen LogP contribution in [0.15, 0.2) is 46.6 Å². The molecule has 2 rings (SSSR count). The molecule has 0 aliphatic carbocycles. The molecule has 0 spiro atoms. The van der Waals surface area contributed by atoms with Gasteiger partial charge in [0.2, 0.25) is 0 Å². The number of nitrogens with zero attached hydrogens (tertiary/aromatic N) is 2. The van der Waals surface area contributed by atoms with Crippen molar-refractivity contribution in [3.8, 4) is 0 Å². The maximum Gasteiger partial charge on any atom is 0.127 e. The van der Waals surface area contributed by atoms with Gasteiger partial charge in [-0.2, -0.15) is 0 Å². The second-order valence-corrected chi connectivity index (χ2v) is 5.25. The number of rotatable bonds is 5. The van der Waals surface area contributed by atoms with Crippen molar-refractivity contribution in [3.05, 3.63) is 41.7 Å². The average Bonchev–Trinajstić information content (AvgIpc) is 2.40. The molecule has 2 aromatic heterocycles. The number of anilines is 1. The summed E-state index contributed by atoms with van der Waals surface area (Å²) < 4.78 is 0. The van der Waals surface area contributed by atoms with Crippen LogP contribution in [-0.2, 0) is 0 Å². The van der Waals surface area contributed by atoms with Gasteiger partial charge in [-0.1, -0.05) is 30.3 Å². The molecule has 0 atom stereocenters. The fraction of sp³-hybridized carbons (Fsp3) is 0.231. The molecule has 0 aliphatic rings. The highest BCUT2D eigenvalue weighted by molar-refractivity contribution is 7.99. The molecule has 2 heterocycles. The lowest BCUT2D eigenvalue weighted by Crippen LogP contribution is -2.01. The van der Waals surface area contributed by atoms with Crippen LogP contribution < -0.4 is 5.32 Å². The van der Waals surface area contributed by atoms with Crippen molar-refractivity contribution in [2.75, 3.05) is 11.9 Å². The Morgan fingerprint density at radius 1 is 1.28 bits per heavy atom. The fourth-order valence-corrected chi connectivity index (χ4v) is 2.26. The Morgan fingerprint density at radius 3 is 2.89 bits per heavy atom. The van der Waals surface area contributed by atoms with E-state index in [4.69, 9.17) is 11.6 Å². The van der Waals surface area contributed by atoms with Crippen LogP contribution in [0.2, 0.25) is 5.02 Å². The van der Waals surface area contributed by atoms with Crippen LogP contribution in [0.3, 0.4) is 0 Å². The highest BCUT2D eigenvalue weighted by Crippen LogP contribution is 2.27. The molecule has 1 N–H and O–H groups in total. The highest BCUT2D eigenvalue weighted by atomic mass is 35.5. The standard InChI is InChI=1S/C13H14ClN3S/c1-2-6-15-12-8-11(5-7-16-12)18-13-4-3-10(14)9-17-13/h3-5,7-9H,2,6H2,1H3,(H,15,16). The zero-order chi connectivity index (χ0) is 12.8. The van der Waals surface area contributed by atoms with Crippen molar-refractivity contribution >= 4 is 29.2 Å². The second-order valence-electron chi connectivity index (χ2n) is 3.72. The maximum atomic E-state index is 5.81. The Labute approximate surface area is 116 Å². The first-order chi connectivity index (χ1) is 8.78. The topological polar surface area (TPSA) is 37.8 Å². The van der Waals surface area contributed by atoms with Crippen molar-refractivity contribution in [2.45, 2.75) is 23.3 Å². The molecule has 0 unspecified atom stereocenters. The summed E-state index contributed by atoms with van der Waals surface area (Å²) >= 11 is 7.40. The zero-order valence-corrected chi connectivity index (χ0v) is 11.6. The van der Waals surface area contributed by atoms with Crippen molar-refractivity contribution in [1.82, 2.24) is 9.97 Å². The summed E-state index contributed by atoms with van der Waals surface area (Å²) in [6.07, 6.45) is 4.54. The van der Waals surface area contributed by atoms with Crippen molar-refractivity contribution in [1.29, 1.82) is 0 Å². The smallest absolute Gasteiger partial charge is 0.127 e. The summed E-state index contributed by atoms with van der Waals surface area (Å²) in [4.78, 5) is 9.63. The summed E-state index contributed by atoms with van der Waals surface area (Å²) in [6, 6.07) is 7.75. The van der Waals surface area contributed by atoms with Crippen LogP contribution in [0.1, 0.15) is 13.3 Å². The lowest BCUT2D eigenvalue weighted by molar-refractivity contribution is 0.967. The molecular weight excluding hydrogens is 266 g/mol. The van der Waals surface area contributed by atoms with Crippen LogP contribution in [0, 0.1) is 0 Å². The Morgan fingerprint density at radius 2 is 2.17 bits per heavy atom. The third kappa shape index (κ3) is 3.89. The van der Waals surface area contributed by atoms with Crippen LogP contribution in [0.5, 0.6) is 0 Å². The van der Waals surface area contributed by atoms with Gasteiger partial charge in [0.25, 0.3) is 0 Å². The van der Waals surface area contributed by atoms with E-state index in [1.54, 1.807) is 24.2 Å². The minimum Gasteiger partial charge on any atom is -0.370 e. The first kappa shape index (κ1) is 13.2. The van der Waals surface area contributed by atoms with E-state index in [0.717, 1.165) is 28.7 Å². The maximum absolute atomic E-state index is 5.81. The van der Waals surface area contributed by atoms with Gasteiger partial charge in [0.05, 0.1) is 5.02 Å². The van der Waals surface area contributed by atoms with Gasteiger partial charge in [0.15, 0.2) is 0 Å². The van der Waals surface area contributed by atoms with Gasteiger partial charge in [-0.05, 0) is 30.7 Å². The molecule has 0 amide bonds. The van der Waals surface area contributed by atoms with Crippen LogP contribution >= 0.6 is 23.4 Å². The number of pyridine rings is 2. The van der Waals surface area contributed by atoms with Gasteiger partial charge in [-0.25, -0.2) is 9.97 Å². The van der Waals surface area contributed by atoms with Crippen LogP contribution in [0.25, 0.3) is 0 Å². The van der Waals surface area contributed by atoms with Gasteiger partial charge < -0.3 is 5.32 Å². The van der Waals surface area contributed by atoms with E-state index in [1.165, 1.54) is 0 Å². The average molecular weight is 280 g/mol. The van der Waals surface area contributed by atoms with Gasteiger partial charge in [0, 0.05) is 23.8 Å². The first-order valence-electron chi connectivity index (χ1n) is 5.77. The van der Waals surface area contributed by atoms with Gasteiger partial charge in [-0.15, -0.1) is 0 Å². The molecule has 0 aromatic carbocycles. The Hall–Kier alpha value is -1.26. The Bertz CT molecular complexity index is 502. The predicted molar refractivity (Wildman–Crippen MR) is 76.4 cm³/mol. The predicted octanol–water partition coefficient (Wildman–Crippen LogP) is 4.10. The number of aromatic nitrogens is 2. The summed E-state index contributed by atoms with van der Waals surface area (Å²) in [5, 5.41) is 4.84. The monoisotopic (exact) mass is 279 g/mol. The number of nitrogens with one attached hydrogen (secondary N) is 1. The van der Waals surface area contributed by atoms with E-state index < -0.39 is 0 Å². The molecule has 0 aliphatic heterocycles. The summed E-state index contributed by atoms with van der Waals surface area (Å²) in [6.45, 7) is 3.06. The van der Waals surface area contributed by atoms with E-state index in [1.807, 2.05) is 24.3 Å². The van der Waals surface area contributed by atoms with Crippen molar-refractivity contribution in [2.24, 2.45) is 0 Å². The fourth-order valence-electron chi connectivity index (χ4n) is 1.37. The van der Waals surface area contributed by atoms with Crippen LogP contribution in [0.4, 0.5) is 5.82 Å². The second kappa shape index (κ2) is 6.61. The summed E-state index contributed by atoms with van der Waals surface area (Å²) in [7, 11) is 0. The summed E-state index contributed by atoms with van der Waals surface area (Å²) in [5.74, 6) is 0.899. The molecule has 94 valence electrons. The molecule has 0 saturated carbocycles. The highest BCUT2D eigenvalue weighted by Gasteiger charge is 2.01. The third-order valence-electron chi connectivity index (χ3n) is 2.21. The quantitative estimate of drug-likeness (QED) is 0.894. The van der Waals surface area contributed by atoms with E-state index in [2.05, 4.69) is 22.2 Å². The molecule has 5 heteroatoms. The van der Waals surface area contributed by atoms with E-state index in [0.29, 0.717) is 5.02 Å². The first-order valence-corrected chi connectivity index (χ1v) is 6.96. The molecule has 2 aromatic rings. The largest absolute Gasteiger partial charge is 0.370 e. The van der Waals surface area contributed by atoms with Gasteiger partial charge in [0.1, 0.15) is 10.8 Å². The molecule has 0 fully saturated rings. The molecule has 0 radical (unpaired) electrons. The SMILES string of the molecule is CCCNc1cc(Sc2ccc(Cl)cn2)ccn1. The molecule has 0 saturated heterocycles. The van der Waals surface area contributed by atoms with E-state index in [-0.39, 0.29) is 0 Å². The van der Waals surface area contributed by atoms with Gasteiger partial charge >= 0.3 is 0 Å². The summed E-state index contributed by atoms with van der Waals surface area (Å²) in [5.41, 5.74) is 0. The number of hydrogen-bond acceptors (Lipinski definition) is 4. The van der Waals surface area contributed by atoms with Crippen LogP contribution in [-0.4, -0.2) is 16.5 Å². The lowest BCUT2D eigenvalue weighted by atomic mass is 10.4. The number of halogens is 1. The van der Waals surface area contributed by atoms with Crippen molar-refractivity contribution in [3.63, 3.8) is 0 Å². The molecular formula is C13H14ClN3S. The Balaban J connectivity index is 2.06. The third-order valence-corrected chi connectivity index (χ3v) is 3.37.